The van der Waals surface area contributed by atoms with Crippen molar-refractivity contribution in [3.63, 3.8) is 0 Å². The number of rotatable bonds is 2. The topological polar surface area (TPSA) is 12.0 Å². The minimum Gasteiger partial charge on any atom is -0.261 e. The number of hydrogen-bond donors (Lipinski definition) is 1. The lowest BCUT2D eigenvalue weighted by Crippen LogP contribution is -2.38. The maximum atomic E-state index is 12.0. The molecule has 1 rings (SSSR count). The molecule has 0 aromatic heterocycles. The Bertz CT molecular complexity index is 70.1. The first kappa shape index (κ1) is 6.36. The minimum atomic E-state index is -0.528. The van der Waals surface area contributed by atoms with Crippen molar-refractivity contribution in [1.82, 2.24) is 4.72 Å². The second kappa shape index (κ2) is 2.69. The quantitative estimate of drug-likeness (QED) is 0.574. The molecule has 1 nitrogen and oxygen atoms in total. The van der Waals surface area contributed by atoms with E-state index in [0.717, 1.165) is 0 Å². The van der Waals surface area contributed by atoms with Gasteiger partial charge in [-0.2, -0.15) is 0 Å². The summed E-state index contributed by atoms with van der Waals surface area (Å²) in [6, 6.07) is 0.444. The largest absolute Gasteiger partial charge is 0.261 e. The van der Waals surface area contributed by atoms with Crippen molar-refractivity contribution < 1.29 is 4.39 Å². The molecule has 0 amide bonds. The second-order valence-corrected chi connectivity index (χ2v) is 2.73. The lowest BCUT2D eigenvalue weighted by atomic mass is 9.92. The summed E-state index contributed by atoms with van der Waals surface area (Å²) in [5.74, 6) is 0. The van der Waals surface area contributed by atoms with Crippen molar-refractivity contribution in [2.24, 2.45) is 0 Å². The summed E-state index contributed by atoms with van der Waals surface area (Å²) < 4.78 is 15.1. The average Bonchev–Trinajstić information content (AvgIpc) is 1.64. The van der Waals surface area contributed by atoms with Gasteiger partial charge in [-0.25, -0.2) is 4.39 Å². The Morgan fingerprint density at radius 3 is 2.62 bits per heavy atom. The molecule has 0 bridgehead atoms. The summed E-state index contributed by atoms with van der Waals surface area (Å²) in [6.45, 7) is 0. The molecule has 0 aromatic carbocycles. The van der Waals surface area contributed by atoms with Crippen LogP contribution in [0.4, 0.5) is 4.39 Å². The molecule has 0 spiro atoms. The van der Waals surface area contributed by atoms with Crippen LogP contribution in [0.2, 0.25) is 0 Å². The molecular formula is C5H10FNS. The molecule has 0 saturated heterocycles. The van der Waals surface area contributed by atoms with Gasteiger partial charge < -0.3 is 0 Å². The van der Waals surface area contributed by atoms with Crippen LogP contribution < -0.4 is 4.72 Å². The molecule has 0 aromatic rings. The van der Waals surface area contributed by atoms with Crippen LogP contribution in [0.1, 0.15) is 12.8 Å². The van der Waals surface area contributed by atoms with E-state index in [9.17, 15) is 4.39 Å². The summed E-state index contributed by atoms with van der Waals surface area (Å²) in [7, 11) is 0. The summed E-state index contributed by atoms with van der Waals surface area (Å²) in [5.41, 5.74) is 0. The Morgan fingerprint density at radius 2 is 2.25 bits per heavy atom. The van der Waals surface area contributed by atoms with E-state index in [2.05, 4.69) is 4.72 Å². The molecule has 1 aliphatic rings. The van der Waals surface area contributed by atoms with Crippen LogP contribution >= 0.6 is 11.9 Å². The van der Waals surface area contributed by atoms with Crippen molar-refractivity contribution >= 4 is 11.9 Å². The van der Waals surface area contributed by atoms with Crippen molar-refractivity contribution in [2.75, 3.05) is 6.26 Å². The molecule has 0 atom stereocenters. The van der Waals surface area contributed by atoms with Gasteiger partial charge >= 0.3 is 0 Å². The van der Waals surface area contributed by atoms with Gasteiger partial charge in [-0.3, -0.25) is 4.72 Å². The van der Waals surface area contributed by atoms with Crippen LogP contribution in [0.15, 0.2) is 0 Å². The highest BCUT2D eigenvalue weighted by molar-refractivity contribution is 7.96. The smallest absolute Gasteiger partial charge is 0.103 e. The van der Waals surface area contributed by atoms with E-state index in [4.69, 9.17) is 0 Å². The molecule has 1 saturated carbocycles. The Kier molecular flexibility index (Phi) is 2.14. The Balaban J connectivity index is 1.98. The van der Waals surface area contributed by atoms with Crippen molar-refractivity contribution in [3.05, 3.63) is 0 Å². The van der Waals surface area contributed by atoms with E-state index in [0.29, 0.717) is 18.9 Å². The van der Waals surface area contributed by atoms with E-state index in [1.165, 1.54) is 0 Å². The zero-order valence-electron chi connectivity index (χ0n) is 4.86. The highest BCUT2D eigenvalue weighted by atomic mass is 32.2. The molecule has 0 unspecified atom stereocenters. The standard InChI is InChI=1S/C5H10FNS/c1-8-7-5-2-4(6)3-5/h4-5,7H,2-3H2,1H3. The predicted molar refractivity (Wildman–Crippen MR) is 34.6 cm³/mol. The molecular weight excluding hydrogens is 125 g/mol. The van der Waals surface area contributed by atoms with Crippen LogP contribution in [0.5, 0.6) is 0 Å². The molecule has 0 aliphatic heterocycles. The van der Waals surface area contributed by atoms with Crippen LogP contribution in [0, 0.1) is 0 Å². The minimum absolute atomic E-state index is 0.444. The van der Waals surface area contributed by atoms with E-state index in [-0.39, 0.29) is 0 Å². The fraction of sp³-hybridized carbons (Fsp3) is 1.00. The Hall–Kier alpha value is 0.240. The lowest BCUT2D eigenvalue weighted by molar-refractivity contribution is 0.173. The van der Waals surface area contributed by atoms with E-state index < -0.39 is 6.17 Å². The van der Waals surface area contributed by atoms with Crippen molar-refractivity contribution in [1.29, 1.82) is 0 Å². The molecule has 8 heavy (non-hydrogen) atoms. The van der Waals surface area contributed by atoms with Gasteiger partial charge in [-0.05, 0) is 19.1 Å². The van der Waals surface area contributed by atoms with Gasteiger partial charge in [0, 0.05) is 6.04 Å². The molecule has 1 N–H and O–H groups in total. The molecule has 1 fully saturated rings. The van der Waals surface area contributed by atoms with Crippen LogP contribution in [0.3, 0.4) is 0 Å². The maximum absolute atomic E-state index is 12.0. The SMILES string of the molecule is CSNC1CC(F)C1. The van der Waals surface area contributed by atoms with Gasteiger partial charge in [-0.1, -0.05) is 11.9 Å². The highest BCUT2D eigenvalue weighted by Gasteiger charge is 2.27. The molecule has 0 heterocycles. The van der Waals surface area contributed by atoms with Crippen LogP contribution in [-0.4, -0.2) is 18.5 Å². The van der Waals surface area contributed by atoms with Gasteiger partial charge in [0.15, 0.2) is 0 Å². The monoisotopic (exact) mass is 135 g/mol. The molecule has 48 valence electrons. The third kappa shape index (κ3) is 1.36. The summed E-state index contributed by atoms with van der Waals surface area (Å²) in [4.78, 5) is 0. The predicted octanol–water partition coefficient (Wildman–Crippen LogP) is 1.35. The third-order valence-corrected chi connectivity index (χ3v) is 1.93. The lowest BCUT2D eigenvalue weighted by Gasteiger charge is -2.29. The summed E-state index contributed by atoms with van der Waals surface area (Å²) in [5, 5.41) is 0. The Morgan fingerprint density at radius 1 is 1.62 bits per heavy atom. The molecule has 0 radical (unpaired) electrons. The van der Waals surface area contributed by atoms with Crippen molar-refractivity contribution in [3.8, 4) is 0 Å². The van der Waals surface area contributed by atoms with Gasteiger partial charge in [0.05, 0.1) is 0 Å². The zero-order chi connectivity index (χ0) is 5.98. The number of nitrogens with one attached hydrogen (secondary N) is 1. The molecule has 3 heteroatoms. The maximum Gasteiger partial charge on any atom is 0.103 e. The summed E-state index contributed by atoms with van der Waals surface area (Å²) in [6.07, 6.45) is 2.85. The highest BCUT2D eigenvalue weighted by Crippen LogP contribution is 2.23. The fourth-order valence-corrected chi connectivity index (χ4v) is 1.34. The van der Waals surface area contributed by atoms with Gasteiger partial charge in [-0.15, -0.1) is 0 Å². The van der Waals surface area contributed by atoms with Crippen LogP contribution in [-0.2, 0) is 0 Å². The van der Waals surface area contributed by atoms with E-state index in [1.807, 2.05) is 6.26 Å². The number of hydrogen-bond acceptors (Lipinski definition) is 2. The van der Waals surface area contributed by atoms with Gasteiger partial charge in [0.25, 0.3) is 0 Å². The first-order valence-corrected chi connectivity index (χ1v) is 3.98. The first-order chi connectivity index (χ1) is 3.83. The third-order valence-electron chi connectivity index (χ3n) is 1.37. The fourth-order valence-electron chi connectivity index (χ4n) is 0.811. The van der Waals surface area contributed by atoms with E-state index in [1.54, 1.807) is 11.9 Å². The zero-order valence-corrected chi connectivity index (χ0v) is 5.67. The van der Waals surface area contributed by atoms with Gasteiger partial charge in [0.1, 0.15) is 6.17 Å². The second-order valence-electron chi connectivity index (χ2n) is 2.09. The normalized spacial score (nSPS) is 36.8. The summed E-state index contributed by atoms with van der Waals surface area (Å²) >= 11 is 1.57. The number of alkyl halides is 1. The van der Waals surface area contributed by atoms with Crippen molar-refractivity contribution in [2.45, 2.75) is 25.1 Å². The van der Waals surface area contributed by atoms with Crippen LogP contribution in [0.25, 0.3) is 0 Å². The average molecular weight is 135 g/mol. The Labute approximate surface area is 53.2 Å². The van der Waals surface area contributed by atoms with E-state index >= 15 is 0 Å². The first-order valence-electron chi connectivity index (χ1n) is 2.75. The molecule has 1 aliphatic carbocycles. The van der Waals surface area contributed by atoms with Gasteiger partial charge in [0.2, 0.25) is 0 Å². The number of halogens is 1.